The van der Waals surface area contributed by atoms with Crippen LogP contribution in [0.1, 0.15) is 83.4 Å². The van der Waals surface area contributed by atoms with Gasteiger partial charge in [-0.15, -0.1) is 11.3 Å². The smallest absolute Gasteiger partial charge is 0.246 e. The topological polar surface area (TPSA) is 99.6 Å². The molecule has 1 aliphatic carbocycles. The zero-order chi connectivity index (χ0) is 27.6. The lowest BCUT2D eigenvalue weighted by atomic mass is 9.78. The lowest BCUT2D eigenvalue weighted by Gasteiger charge is -2.37. The maximum absolute atomic E-state index is 13.7. The van der Waals surface area contributed by atoms with E-state index in [0.717, 1.165) is 41.0 Å². The van der Waals surface area contributed by atoms with Gasteiger partial charge < -0.3 is 15.3 Å². The molecule has 1 saturated carbocycles. The third kappa shape index (κ3) is 6.70. The van der Waals surface area contributed by atoms with Crippen molar-refractivity contribution in [2.75, 3.05) is 6.54 Å². The van der Waals surface area contributed by atoms with Crippen LogP contribution >= 0.6 is 11.3 Å². The van der Waals surface area contributed by atoms with Crippen LogP contribution in [0.4, 0.5) is 0 Å². The molecule has 2 fully saturated rings. The first-order valence-electron chi connectivity index (χ1n) is 13.7. The summed E-state index contributed by atoms with van der Waals surface area (Å²) < 4.78 is 0. The normalized spacial score (nSPS) is 21.6. The fourth-order valence-electron chi connectivity index (χ4n) is 5.50. The molecule has 4 rings (SSSR count). The summed E-state index contributed by atoms with van der Waals surface area (Å²) in [5.41, 5.74) is 4.83. The highest BCUT2D eigenvalue weighted by atomic mass is 32.1. The van der Waals surface area contributed by atoms with Crippen LogP contribution in [0.15, 0.2) is 29.8 Å². The maximum Gasteiger partial charge on any atom is 0.246 e. The number of ketones is 1. The van der Waals surface area contributed by atoms with Gasteiger partial charge in [0.25, 0.3) is 0 Å². The van der Waals surface area contributed by atoms with Crippen molar-refractivity contribution in [3.05, 3.63) is 41.0 Å². The molecule has 1 aliphatic heterocycles. The molecule has 2 aliphatic rings. The number of nitrogens with one attached hydrogen (secondary N) is 1. The predicted molar refractivity (Wildman–Crippen MR) is 150 cm³/mol. The molecule has 0 bridgehead atoms. The van der Waals surface area contributed by atoms with E-state index in [0.29, 0.717) is 6.42 Å². The van der Waals surface area contributed by atoms with Crippen LogP contribution in [-0.2, 0) is 14.4 Å². The number of amides is 2. The molecule has 2 N–H and O–H groups in total. The van der Waals surface area contributed by atoms with E-state index in [-0.39, 0.29) is 54.2 Å². The molecule has 1 aromatic carbocycles. The number of aryl methyl sites for hydroxylation is 1. The molecule has 0 radical (unpaired) electrons. The van der Waals surface area contributed by atoms with Crippen LogP contribution in [0, 0.1) is 18.3 Å². The number of nitrogens with zero attached hydrogens (tertiary/aromatic N) is 2. The van der Waals surface area contributed by atoms with Crippen molar-refractivity contribution in [3.8, 4) is 10.4 Å². The average molecular weight is 540 g/mol. The number of thiazole rings is 1. The van der Waals surface area contributed by atoms with Gasteiger partial charge in [-0.1, -0.05) is 58.4 Å². The Bertz CT molecular complexity index is 1150. The number of rotatable bonds is 9. The number of carbonyl (C=O) groups is 3. The second-order valence-electron chi connectivity index (χ2n) is 12.3. The van der Waals surface area contributed by atoms with Gasteiger partial charge in [0.1, 0.15) is 6.04 Å². The lowest BCUT2D eigenvalue weighted by Crippen LogP contribution is -2.56. The molecule has 206 valence electrons. The summed E-state index contributed by atoms with van der Waals surface area (Å²) in [5, 5.41) is 13.4. The highest BCUT2D eigenvalue weighted by molar-refractivity contribution is 7.13. The second-order valence-corrected chi connectivity index (χ2v) is 13.2. The van der Waals surface area contributed by atoms with Crippen molar-refractivity contribution < 1.29 is 19.5 Å². The number of aliphatic hydroxyl groups is 1. The van der Waals surface area contributed by atoms with Crippen LogP contribution in [0.3, 0.4) is 0 Å². The van der Waals surface area contributed by atoms with Crippen molar-refractivity contribution in [3.63, 3.8) is 0 Å². The molecule has 2 aromatic rings. The molecule has 4 atom stereocenters. The summed E-state index contributed by atoms with van der Waals surface area (Å²) in [7, 11) is 0. The number of hydrogen-bond acceptors (Lipinski definition) is 6. The summed E-state index contributed by atoms with van der Waals surface area (Å²) in [6.07, 6.45) is 2.92. The molecule has 7 nitrogen and oxygen atoms in total. The van der Waals surface area contributed by atoms with E-state index in [4.69, 9.17) is 0 Å². The van der Waals surface area contributed by atoms with Gasteiger partial charge in [0.05, 0.1) is 28.2 Å². The van der Waals surface area contributed by atoms with E-state index in [9.17, 15) is 19.5 Å². The van der Waals surface area contributed by atoms with Crippen molar-refractivity contribution in [2.45, 2.75) is 97.2 Å². The molecule has 2 amide bonds. The monoisotopic (exact) mass is 539 g/mol. The van der Waals surface area contributed by atoms with Crippen LogP contribution in [0.25, 0.3) is 10.4 Å². The van der Waals surface area contributed by atoms with Crippen molar-refractivity contribution in [1.82, 2.24) is 15.2 Å². The Morgan fingerprint density at radius 3 is 2.42 bits per heavy atom. The summed E-state index contributed by atoms with van der Waals surface area (Å²) in [6, 6.07) is 6.93. The molecule has 4 unspecified atom stereocenters. The first kappa shape index (κ1) is 28.4. The number of aliphatic hydroxyl groups excluding tert-OH is 1. The van der Waals surface area contributed by atoms with Gasteiger partial charge in [-0.25, -0.2) is 4.98 Å². The van der Waals surface area contributed by atoms with Crippen molar-refractivity contribution in [1.29, 1.82) is 0 Å². The first-order valence-corrected chi connectivity index (χ1v) is 14.6. The maximum atomic E-state index is 13.7. The molecule has 1 aromatic heterocycles. The molecule has 1 saturated heterocycles. The zero-order valence-corrected chi connectivity index (χ0v) is 24.0. The van der Waals surface area contributed by atoms with Crippen LogP contribution in [0.5, 0.6) is 0 Å². The van der Waals surface area contributed by atoms with Gasteiger partial charge in [-0.3, -0.25) is 14.4 Å². The van der Waals surface area contributed by atoms with Gasteiger partial charge in [-0.2, -0.15) is 0 Å². The Labute approximate surface area is 230 Å². The van der Waals surface area contributed by atoms with Gasteiger partial charge in [0.15, 0.2) is 5.78 Å². The van der Waals surface area contributed by atoms with E-state index >= 15 is 0 Å². The number of aromatic nitrogens is 1. The van der Waals surface area contributed by atoms with Crippen molar-refractivity contribution in [2.24, 2.45) is 11.3 Å². The van der Waals surface area contributed by atoms with Gasteiger partial charge >= 0.3 is 0 Å². The van der Waals surface area contributed by atoms with Gasteiger partial charge in [-0.05, 0) is 48.1 Å². The highest BCUT2D eigenvalue weighted by Crippen LogP contribution is 2.34. The minimum Gasteiger partial charge on any atom is -0.391 e. The van der Waals surface area contributed by atoms with E-state index < -0.39 is 18.2 Å². The van der Waals surface area contributed by atoms with Gasteiger partial charge in [0.2, 0.25) is 11.8 Å². The average Bonchev–Trinajstić information content (AvgIpc) is 3.41. The minimum absolute atomic E-state index is 0.0253. The number of benzene rings is 1. The molecular formula is C30H41N3O4S. The first-order chi connectivity index (χ1) is 17.9. The quantitative estimate of drug-likeness (QED) is 0.474. The second kappa shape index (κ2) is 11.7. The zero-order valence-electron chi connectivity index (χ0n) is 23.2. The Hall–Kier alpha value is -2.58. The number of Topliss-reactive ketones (excluding diaryl/α,β-unsaturated/α-hetero) is 1. The summed E-state index contributed by atoms with van der Waals surface area (Å²) >= 11 is 1.61. The van der Waals surface area contributed by atoms with E-state index in [1.54, 1.807) is 11.3 Å². The fourth-order valence-corrected chi connectivity index (χ4v) is 6.31. The summed E-state index contributed by atoms with van der Waals surface area (Å²) in [6.45, 7) is 10.1. The number of likely N-dealkylation sites (tertiary alicyclic amines) is 1. The Balaban J connectivity index is 1.43. The standard InChI is InChI=1S/C30H41N3O4S/c1-18(20-9-11-22(12-10-20)28-19(2)31-17-38-28)13-25(35)24-14-23(34)16-33(24)29(37)27(21-7-6-8-21)32-26(36)15-30(3,4)5/h9-12,17-18,21,23-24,27,34H,6-8,13-16H2,1-5H3,(H,32,36). The Kier molecular flexibility index (Phi) is 8.72. The minimum atomic E-state index is -0.738. The third-order valence-corrected chi connectivity index (χ3v) is 8.80. The predicted octanol–water partition coefficient (Wildman–Crippen LogP) is 4.86. The highest BCUT2D eigenvalue weighted by Gasteiger charge is 2.44. The molecule has 8 heteroatoms. The molecule has 38 heavy (non-hydrogen) atoms. The SMILES string of the molecule is Cc1ncsc1-c1ccc(C(C)CC(=O)C2CC(O)CN2C(=O)C(NC(=O)CC(C)(C)C)C2CCC2)cc1. The van der Waals surface area contributed by atoms with E-state index in [2.05, 4.69) is 34.6 Å². The molecule has 0 spiro atoms. The number of carbonyl (C=O) groups excluding carboxylic acids is 3. The number of β-amino-alcohol motifs (C(OH)–C–C–N with tert-alkyl or cyclic N) is 1. The van der Waals surface area contributed by atoms with Crippen LogP contribution < -0.4 is 5.32 Å². The van der Waals surface area contributed by atoms with E-state index in [1.165, 1.54) is 4.90 Å². The largest absolute Gasteiger partial charge is 0.391 e. The summed E-state index contributed by atoms with van der Waals surface area (Å²) in [4.78, 5) is 46.9. The van der Waals surface area contributed by atoms with Crippen LogP contribution in [-0.4, -0.2) is 57.3 Å². The van der Waals surface area contributed by atoms with Crippen LogP contribution in [0.2, 0.25) is 0 Å². The molecular weight excluding hydrogens is 498 g/mol. The third-order valence-electron chi connectivity index (χ3n) is 7.82. The Morgan fingerprint density at radius 1 is 1.18 bits per heavy atom. The summed E-state index contributed by atoms with van der Waals surface area (Å²) in [5.74, 6) is -0.361. The van der Waals surface area contributed by atoms with Gasteiger partial charge in [0, 0.05) is 25.8 Å². The molecule has 2 heterocycles. The lowest BCUT2D eigenvalue weighted by molar-refractivity contribution is -0.143. The van der Waals surface area contributed by atoms with Crippen molar-refractivity contribution >= 4 is 28.9 Å². The fraction of sp³-hybridized carbons (Fsp3) is 0.600. The van der Waals surface area contributed by atoms with E-state index in [1.807, 2.05) is 40.1 Å². The Morgan fingerprint density at radius 2 is 1.87 bits per heavy atom. The number of hydrogen-bond donors (Lipinski definition) is 2.